The molecule has 0 radical (unpaired) electrons. The number of carboxylic acid groups (broad SMARTS) is 1. The fourth-order valence-corrected chi connectivity index (χ4v) is 2.73. The number of ether oxygens (including phenoxy) is 1. The van der Waals surface area contributed by atoms with Crippen molar-refractivity contribution < 1.29 is 24.2 Å². The molecule has 5 nitrogen and oxygen atoms in total. The van der Waals surface area contributed by atoms with E-state index in [1.165, 1.54) is 6.08 Å². The minimum absolute atomic E-state index is 0.0370. The van der Waals surface area contributed by atoms with Crippen LogP contribution in [0.2, 0.25) is 0 Å². The van der Waals surface area contributed by atoms with Crippen molar-refractivity contribution in [1.29, 1.82) is 0 Å². The Labute approximate surface area is 110 Å². The van der Waals surface area contributed by atoms with Crippen LogP contribution in [0.1, 0.15) is 25.7 Å². The molecular formula is C14H16O5. The summed E-state index contributed by atoms with van der Waals surface area (Å²) in [5, 5.41) is 9.13. The first kappa shape index (κ1) is 13.5. The van der Waals surface area contributed by atoms with Gasteiger partial charge in [-0.2, -0.15) is 0 Å². The lowest BCUT2D eigenvalue weighted by Crippen LogP contribution is -2.35. The third-order valence-corrected chi connectivity index (χ3v) is 3.73. The van der Waals surface area contributed by atoms with E-state index in [2.05, 4.69) is 4.74 Å². The van der Waals surface area contributed by atoms with Crippen LogP contribution in [0.3, 0.4) is 0 Å². The van der Waals surface area contributed by atoms with E-state index in [9.17, 15) is 14.4 Å². The van der Waals surface area contributed by atoms with E-state index in [-0.39, 0.29) is 17.3 Å². The van der Waals surface area contributed by atoms with Crippen molar-refractivity contribution in [3.63, 3.8) is 0 Å². The molecule has 102 valence electrons. The lowest BCUT2D eigenvalue weighted by Gasteiger charge is -2.29. The van der Waals surface area contributed by atoms with Crippen molar-refractivity contribution in [2.24, 2.45) is 11.8 Å². The van der Waals surface area contributed by atoms with Crippen LogP contribution in [0.5, 0.6) is 0 Å². The zero-order chi connectivity index (χ0) is 14.0. The number of aliphatic carboxylic acids is 1. The molecule has 1 saturated carbocycles. The smallest absolute Gasteiger partial charge is 0.324 e. The number of hydrogen-bond donors (Lipinski definition) is 1. The molecule has 0 spiro atoms. The molecule has 0 aromatic heterocycles. The zero-order valence-corrected chi connectivity index (χ0v) is 10.7. The Morgan fingerprint density at radius 1 is 1.37 bits per heavy atom. The number of allylic oxidation sites excluding steroid dienone is 3. The number of carbonyl (C=O) groups excluding carboxylic acids is 2. The van der Waals surface area contributed by atoms with Gasteiger partial charge in [0.2, 0.25) is 0 Å². The van der Waals surface area contributed by atoms with Crippen molar-refractivity contribution in [3.8, 4) is 0 Å². The number of carbonyl (C=O) groups is 3. The first-order valence-electron chi connectivity index (χ1n) is 6.31. The quantitative estimate of drug-likeness (QED) is 0.617. The predicted molar refractivity (Wildman–Crippen MR) is 66.3 cm³/mol. The van der Waals surface area contributed by atoms with Gasteiger partial charge in [0.15, 0.2) is 11.7 Å². The van der Waals surface area contributed by atoms with Gasteiger partial charge in [-0.15, -0.1) is 0 Å². The van der Waals surface area contributed by atoms with Crippen LogP contribution in [-0.2, 0) is 19.1 Å². The van der Waals surface area contributed by atoms with E-state index in [4.69, 9.17) is 5.11 Å². The highest BCUT2D eigenvalue weighted by molar-refractivity contribution is 6.11. The Bertz CT molecular complexity index is 486. The average molecular weight is 264 g/mol. The normalized spacial score (nSPS) is 23.8. The number of fused-ring (bicyclic) bond motifs is 1. The number of esters is 1. The molecule has 2 rings (SSSR count). The van der Waals surface area contributed by atoms with Gasteiger partial charge in [-0.1, -0.05) is 24.1 Å². The molecule has 0 heterocycles. The van der Waals surface area contributed by atoms with Gasteiger partial charge >= 0.3 is 11.9 Å². The van der Waals surface area contributed by atoms with Crippen molar-refractivity contribution in [2.45, 2.75) is 25.7 Å². The topological polar surface area (TPSA) is 80.7 Å². The molecule has 5 heteroatoms. The molecule has 0 amide bonds. The number of methoxy groups -OCH3 is 1. The fourth-order valence-electron chi connectivity index (χ4n) is 2.73. The summed E-state index contributed by atoms with van der Waals surface area (Å²) >= 11 is 0. The van der Waals surface area contributed by atoms with Crippen LogP contribution in [0, 0.1) is 11.8 Å². The van der Waals surface area contributed by atoms with Gasteiger partial charge in [0, 0.05) is 11.5 Å². The van der Waals surface area contributed by atoms with Gasteiger partial charge < -0.3 is 9.84 Å². The summed E-state index contributed by atoms with van der Waals surface area (Å²) in [5.41, 5.74) is 1.09. The number of hydrogen-bond acceptors (Lipinski definition) is 4. The number of carboxylic acids is 1. The van der Waals surface area contributed by atoms with Gasteiger partial charge in [-0.3, -0.25) is 14.4 Å². The van der Waals surface area contributed by atoms with Gasteiger partial charge in [-0.05, 0) is 19.3 Å². The monoisotopic (exact) mass is 264 g/mol. The molecule has 0 aliphatic heterocycles. The molecule has 1 fully saturated rings. The van der Waals surface area contributed by atoms with Gasteiger partial charge in [0.1, 0.15) is 0 Å². The maximum absolute atomic E-state index is 12.3. The summed E-state index contributed by atoms with van der Waals surface area (Å²) < 4.78 is 4.48. The van der Waals surface area contributed by atoms with E-state index >= 15 is 0 Å². The van der Waals surface area contributed by atoms with E-state index in [1.807, 2.05) is 0 Å². The minimum atomic E-state index is -1.52. The molecule has 2 aliphatic rings. The van der Waals surface area contributed by atoms with Crippen LogP contribution < -0.4 is 0 Å². The van der Waals surface area contributed by atoms with Crippen LogP contribution >= 0.6 is 0 Å². The summed E-state index contributed by atoms with van der Waals surface area (Å²) in [6, 6.07) is 0. The van der Waals surface area contributed by atoms with Crippen molar-refractivity contribution in [1.82, 2.24) is 0 Å². The van der Waals surface area contributed by atoms with Crippen molar-refractivity contribution >= 4 is 17.7 Å². The molecule has 0 aromatic carbocycles. The molecule has 19 heavy (non-hydrogen) atoms. The third kappa shape index (κ3) is 2.45. The second-order valence-electron chi connectivity index (χ2n) is 4.82. The summed E-state index contributed by atoms with van der Waals surface area (Å²) in [4.78, 5) is 35.1. The van der Waals surface area contributed by atoms with E-state index in [0.717, 1.165) is 38.4 Å². The summed E-state index contributed by atoms with van der Waals surface area (Å²) in [6.07, 6.45) is 6.87. The van der Waals surface area contributed by atoms with E-state index in [1.54, 1.807) is 6.08 Å². The van der Waals surface area contributed by atoms with E-state index in [0.29, 0.717) is 0 Å². The van der Waals surface area contributed by atoms with Gasteiger partial charge in [0.05, 0.1) is 7.11 Å². The summed E-state index contributed by atoms with van der Waals surface area (Å²) in [7, 11) is 1.12. The lowest BCUT2D eigenvalue weighted by molar-refractivity contribution is -0.155. The minimum Gasteiger partial charge on any atom is -0.480 e. The lowest BCUT2D eigenvalue weighted by atomic mass is 9.74. The van der Waals surface area contributed by atoms with E-state index < -0.39 is 17.9 Å². The SMILES string of the molecule is COC(=O)C(C(=O)O)C1=CC=C2CCCCC2C1=O. The fraction of sp³-hybridized carbons (Fsp3) is 0.500. The standard InChI is InChI=1S/C14H16O5/c1-19-14(18)11(13(16)17)10-7-6-8-4-2-3-5-9(8)12(10)15/h6-7,9,11H,2-5H2,1H3,(H,16,17). The predicted octanol–water partition coefficient (Wildman–Crippen LogP) is 1.49. The highest BCUT2D eigenvalue weighted by Crippen LogP contribution is 2.36. The molecule has 2 atom stereocenters. The van der Waals surface area contributed by atoms with Crippen molar-refractivity contribution in [3.05, 3.63) is 23.3 Å². The van der Waals surface area contributed by atoms with Crippen molar-refractivity contribution in [2.75, 3.05) is 7.11 Å². The summed E-state index contributed by atoms with van der Waals surface area (Å²) in [6.45, 7) is 0. The van der Waals surface area contributed by atoms with Gasteiger partial charge in [0.25, 0.3) is 0 Å². The third-order valence-electron chi connectivity index (χ3n) is 3.73. The molecule has 0 saturated heterocycles. The largest absolute Gasteiger partial charge is 0.480 e. The highest BCUT2D eigenvalue weighted by atomic mass is 16.5. The molecule has 1 N–H and O–H groups in total. The average Bonchev–Trinajstić information content (AvgIpc) is 2.41. The van der Waals surface area contributed by atoms with Gasteiger partial charge in [-0.25, -0.2) is 0 Å². The molecule has 0 bridgehead atoms. The molecule has 2 aliphatic carbocycles. The maximum atomic E-state index is 12.3. The zero-order valence-electron chi connectivity index (χ0n) is 10.7. The Kier molecular flexibility index (Phi) is 3.83. The Morgan fingerprint density at radius 2 is 2.11 bits per heavy atom. The first-order valence-corrected chi connectivity index (χ1v) is 6.31. The number of rotatable bonds is 3. The number of ketones is 1. The summed E-state index contributed by atoms with van der Waals surface area (Å²) in [5.74, 6) is -4.26. The molecule has 2 unspecified atom stereocenters. The second kappa shape index (κ2) is 5.38. The molecular weight excluding hydrogens is 248 g/mol. The van der Waals surface area contributed by atoms with Crippen LogP contribution in [-0.4, -0.2) is 29.9 Å². The Morgan fingerprint density at radius 3 is 2.74 bits per heavy atom. The first-order chi connectivity index (χ1) is 9.06. The highest BCUT2D eigenvalue weighted by Gasteiger charge is 2.40. The Balaban J connectivity index is 2.35. The number of Topliss-reactive ketones (excluding diaryl/α,β-unsaturated/α-hetero) is 1. The van der Waals surface area contributed by atoms with Crippen LogP contribution in [0.4, 0.5) is 0 Å². The van der Waals surface area contributed by atoms with Crippen LogP contribution in [0.25, 0.3) is 0 Å². The molecule has 0 aromatic rings. The second-order valence-corrected chi connectivity index (χ2v) is 4.82. The Hall–Kier alpha value is -1.91. The maximum Gasteiger partial charge on any atom is 0.324 e. The van der Waals surface area contributed by atoms with Crippen LogP contribution in [0.15, 0.2) is 23.3 Å².